The molecule has 1 aromatic rings. The van der Waals surface area contributed by atoms with E-state index in [1.165, 1.54) is 12.1 Å². The molecule has 142 valence electrons. The summed E-state index contributed by atoms with van der Waals surface area (Å²) < 4.78 is 37.7. The minimum Gasteiger partial charge on any atom is -0.350 e. The van der Waals surface area contributed by atoms with E-state index >= 15 is 0 Å². The van der Waals surface area contributed by atoms with Crippen molar-refractivity contribution < 1.29 is 18.0 Å². The SMILES string of the molecule is CC(C)(C)CC1CCC(C(=O)NCc2ccc(C(F)(F)F)cc2)N1C#N. The molecule has 2 atom stereocenters. The van der Waals surface area contributed by atoms with E-state index in [1.54, 1.807) is 4.90 Å². The van der Waals surface area contributed by atoms with Crippen LogP contribution in [0, 0.1) is 16.9 Å². The normalized spacial score (nSPS) is 20.7. The number of benzene rings is 1. The maximum Gasteiger partial charge on any atom is 0.416 e. The number of alkyl halides is 3. The van der Waals surface area contributed by atoms with Crippen molar-refractivity contribution in [1.29, 1.82) is 5.26 Å². The maximum atomic E-state index is 12.6. The molecule has 0 aromatic heterocycles. The third-order valence-electron chi connectivity index (χ3n) is 4.52. The smallest absolute Gasteiger partial charge is 0.350 e. The maximum absolute atomic E-state index is 12.6. The Morgan fingerprint density at radius 2 is 1.85 bits per heavy atom. The molecule has 0 aliphatic carbocycles. The Balaban J connectivity index is 1.94. The van der Waals surface area contributed by atoms with Crippen molar-refractivity contribution in [3.05, 3.63) is 35.4 Å². The minimum absolute atomic E-state index is 0.0434. The zero-order valence-electron chi connectivity index (χ0n) is 15.2. The predicted molar refractivity (Wildman–Crippen MR) is 91.6 cm³/mol. The number of hydrogen-bond acceptors (Lipinski definition) is 3. The second-order valence-electron chi connectivity index (χ2n) is 7.93. The van der Waals surface area contributed by atoms with Gasteiger partial charge in [0.1, 0.15) is 6.04 Å². The first-order chi connectivity index (χ1) is 12.0. The van der Waals surface area contributed by atoms with Gasteiger partial charge in [-0.05, 0) is 42.4 Å². The fourth-order valence-electron chi connectivity index (χ4n) is 3.32. The molecule has 1 aromatic carbocycles. The van der Waals surface area contributed by atoms with Crippen LogP contribution in [0.1, 0.15) is 51.2 Å². The van der Waals surface area contributed by atoms with Gasteiger partial charge in [-0.1, -0.05) is 32.9 Å². The van der Waals surface area contributed by atoms with Crippen molar-refractivity contribution in [2.45, 2.75) is 64.8 Å². The fourth-order valence-corrected chi connectivity index (χ4v) is 3.32. The Morgan fingerprint density at radius 3 is 2.35 bits per heavy atom. The molecule has 1 aliphatic rings. The largest absolute Gasteiger partial charge is 0.416 e. The molecule has 1 amide bonds. The molecule has 4 nitrogen and oxygen atoms in total. The average Bonchev–Trinajstić information content (AvgIpc) is 2.92. The number of carbonyl (C=O) groups excluding carboxylic acids is 1. The highest BCUT2D eigenvalue weighted by Crippen LogP contribution is 2.33. The molecule has 1 heterocycles. The molecule has 1 saturated heterocycles. The van der Waals surface area contributed by atoms with E-state index in [2.05, 4.69) is 32.3 Å². The number of rotatable bonds is 4. The number of amides is 1. The summed E-state index contributed by atoms with van der Waals surface area (Å²) in [4.78, 5) is 14.0. The van der Waals surface area contributed by atoms with Crippen LogP contribution < -0.4 is 5.32 Å². The number of hydrogen-bond donors (Lipinski definition) is 1. The number of nitrogens with zero attached hydrogens (tertiary/aromatic N) is 2. The van der Waals surface area contributed by atoms with Crippen LogP contribution in [0.2, 0.25) is 0 Å². The Hall–Kier alpha value is -2.23. The molecule has 26 heavy (non-hydrogen) atoms. The van der Waals surface area contributed by atoms with Crippen molar-refractivity contribution in [2.75, 3.05) is 0 Å². The van der Waals surface area contributed by atoms with Crippen LogP contribution >= 0.6 is 0 Å². The van der Waals surface area contributed by atoms with Gasteiger partial charge in [-0.15, -0.1) is 0 Å². The lowest BCUT2D eigenvalue weighted by atomic mass is 9.87. The number of nitrogens with one attached hydrogen (secondary N) is 1. The van der Waals surface area contributed by atoms with Gasteiger partial charge < -0.3 is 5.32 Å². The molecule has 7 heteroatoms. The number of nitriles is 1. The van der Waals surface area contributed by atoms with Gasteiger partial charge >= 0.3 is 6.18 Å². The lowest BCUT2D eigenvalue weighted by Crippen LogP contribution is -2.44. The Kier molecular flexibility index (Phi) is 5.84. The van der Waals surface area contributed by atoms with Gasteiger partial charge in [-0.25, -0.2) is 0 Å². The zero-order valence-corrected chi connectivity index (χ0v) is 15.2. The summed E-state index contributed by atoms with van der Waals surface area (Å²) in [5.41, 5.74) is -0.0751. The molecular formula is C19H24F3N3O. The summed E-state index contributed by atoms with van der Waals surface area (Å²) in [5, 5.41) is 12.2. The van der Waals surface area contributed by atoms with Crippen LogP contribution in [0.15, 0.2) is 24.3 Å². The van der Waals surface area contributed by atoms with Crippen LogP contribution in [0.4, 0.5) is 13.2 Å². The van der Waals surface area contributed by atoms with E-state index in [9.17, 15) is 23.2 Å². The van der Waals surface area contributed by atoms with Crippen LogP contribution in [0.3, 0.4) is 0 Å². The third kappa shape index (κ3) is 5.13. The van der Waals surface area contributed by atoms with Gasteiger partial charge in [0.15, 0.2) is 6.19 Å². The highest BCUT2D eigenvalue weighted by Gasteiger charge is 2.38. The van der Waals surface area contributed by atoms with Crippen molar-refractivity contribution in [3.63, 3.8) is 0 Å². The van der Waals surface area contributed by atoms with Crippen molar-refractivity contribution in [1.82, 2.24) is 10.2 Å². The molecule has 1 fully saturated rings. The van der Waals surface area contributed by atoms with E-state index in [1.807, 2.05) is 0 Å². The summed E-state index contributed by atoms with van der Waals surface area (Å²) >= 11 is 0. The molecule has 0 bridgehead atoms. The van der Waals surface area contributed by atoms with Crippen LogP contribution in [-0.2, 0) is 17.5 Å². The Bertz CT molecular complexity index is 671. The standard InChI is InChI=1S/C19H24F3N3O/c1-18(2,3)10-15-8-9-16(25(15)12-23)17(26)24-11-13-4-6-14(7-5-13)19(20,21)22/h4-7,15-16H,8-11H2,1-3H3,(H,24,26). The third-order valence-corrected chi connectivity index (χ3v) is 4.52. The van der Waals surface area contributed by atoms with E-state index in [-0.39, 0.29) is 23.9 Å². The van der Waals surface area contributed by atoms with E-state index in [0.717, 1.165) is 25.0 Å². The summed E-state index contributed by atoms with van der Waals surface area (Å²) in [6.07, 6.45) is -0.0287. The van der Waals surface area contributed by atoms with Gasteiger partial charge in [0, 0.05) is 12.6 Å². The lowest BCUT2D eigenvalue weighted by molar-refractivity contribution is -0.137. The first-order valence-electron chi connectivity index (χ1n) is 8.63. The summed E-state index contributed by atoms with van der Waals surface area (Å²) in [5.74, 6) is -0.261. The molecule has 2 unspecified atom stereocenters. The van der Waals surface area contributed by atoms with Gasteiger partial charge in [0.05, 0.1) is 5.56 Å². The van der Waals surface area contributed by atoms with Gasteiger partial charge in [-0.2, -0.15) is 18.4 Å². The Labute approximate surface area is 152 Å². The fraction of sp³-hybridized carbons (Fsp3) is 0.579. The first-order valence-corrected chi connectivity index (χ1v) is 8.63. The van der Waals surface area contributed by atoms with E-state index in [4.69, 9.17) is 0 Å². The molecule has 1 aliphatic heterocycles. The molecule has 0 radical (unpaired) electrons. The molecule has 2 rings (SSSR count). The quantitative estimate of drug-likeness (QED) is 0.816. The predicted octanol–water partition coefficient (Wildman–Crippen LogP) is 4.07. The summed E-state index contributed by atoms with van der Waals surface area (Å²) in [6, 6.07) is 4.23. The molecule has 0 saturated carbocycles. The van der Waals surface area contributed by atoms with Crippen molar-refractivity contribution >= 4 is 5.91 Å². The zero-order chi connectivity index (χ0) is 19.5. The topological polar surface area (TPSA) is 56.1 Å². The summed E-state index contributed by atoms with van der Waals surface area (Å²) in [7, 11) is 0. The lowest BCUT2D eigenvalue weighted by Gasteiger charge is -2.29. The van der Waals surface area contributed by atoms with Crippen molar-refractivity contribution in [2.24, 2.45) is 5.41 Å². The van der Waals surface area contributed by atoms with Gasteiger partial charge in [0.25, 0.3) is 0 Å². The van der Waals surface area contributed by atoms with Crippen LogP contribution in [0.25, 0.3) is 0 Å². The van der Waals surface area contributed by atoms with Crippen LogP contribution in [0.5, 0.6) is 0 Å². The molecule has 0 spiro atoms. The number of halogens is 3. The van der Waals surface area contributed by atoms with Gasteiger partial charge in [-0.3, -0.25) is 9.69 Å². The second-order valence-corrected chi connectivity index (χ2v) is 7.93. The monoisotopic (exact) mass is 367 g/mol. The highest BCUT2D eigenvalue weighted by atomic mass is 19.4. The van der Waals surface area contributed by atoms with Crippen molar-refractivity contribution in [3.8, 4) is 6.19 Å². The summed E-state index contributed by atoms with van der Waals surface area (Å²) in [6.45, 7) is 6.43. The van der Waals surface area contributed by atoms with E-state index < -0.39 is 17.8 Å². The number of likely N-dealkylation sites (tertiary alicyclic amines) is 1. The van der Waals surface area contributed by atoms with E-state index in [0.29, 0.717) is 12.0 Å². The average molecular weight is 367 g/mol. The van der Waals surface area contributed by atoms with Crippen LogP contribution in [-0.4, -0.2) is 22.9 Å². The Morgan fingerprint density at radius 1 is 1.23 bits per heavy atom. The number of carbonyl (C=O) groups is 1. The minimum atomic E-state index is -4.37. The highest BCUT2D eigenvalue weighted by molar-refractivity contribution is 5.82. The molecule has 1 N–H and O–H groups in total. The second kappa shape index (κ2) is 7.56. The first kappa shape index (κ1) is 20.1. The van der Waals surface area contributed by atoms with Gasteiger partial charge in [0.2, 0.25) is 5.91 Å². The molecular weight excluding hydrogens is 343 g/mol.